The standard InChI is InChI=1S/C28H26N2O2/c1-18-10-13-22(14-11-18)30-27(31)25(23-15-12-19(2)17-20(23)3)26(28(30)32)29-16-6-8-21-7-4-5-9-24(21)29/h4-5,7,9-15,17H,6,8,16H2,1-3H3. The molecular formula is C28H26N2O2. The first-order valence-corrected chi connectivity index (χ1v) is 11.1. The first kappa shape index (κ1) is 20.3. The van der Waals surface area contributed by atoms with Crippen LogP contribution in [0.1, 0.15) is 34.2 Å². The highest BCUT2D eigenvalue weighted by Crippen LogP contribution is 2.40. The highest BCUT2D eigenvalue weighted by Gasteiger charge is 2.43. The summed E-state index contributed by atoms with van der Waals surface area (Å²) in [6.45, 7) is 6.74. The molecule has 0 N–H and O–H groups in total. The first-order valence-electron chi connectivity index (χ1n) is 11.1. The molecule has 2 aliphatic heterocycles. The Kier molecular flexibility index (Phi) is 4.93. The highest BCUT2D eigenvalue weighted by atomic mass is 16.2. The Bertz CT molecular complexity index is 1270. The average Bonchev–Trinajstić information content (AvgIpc) is 3.04. The van der Waals surface area contributed by atoms with Crippen molar-refractivity contribution >= 4 is 28.8 Å². The number of carbonyl (C=O) groups is 2. The lowest BCUT2D eigenvalue weighted by molar-refractivity contribution is -0.120. The molecule has 0 aromatic heterocycles. The normalized spacial score (nSPS) is 16.1. The Hall–Kier alpha value is -3.66. The van der Waals surface area contributed by atoms with Gasteiger partial charge in [-0.1, -0.05) is 59.7 Å². The van der Waals surface area contributed by atoms with E-state index in [-0.39, 0.29) is 11.8 Å². The first-order chi connectivity index (χ1) is 15.5. The van der Waals surface area contributed by atoms with E-state index in [0.29, 0.717) is 23.5 Å². The molecule has 0 spiro atoms. The number of rotatable bonds is 3. The van der Waals surface area contributed by atoms with Crippen LogP contribution >= 0.6 is 0 Å². The van der Waals surface area contributed by atoms with Crippen LogP contribution in [0.15, 0.2) is 72.4 Å². The summed E-state index contributed by atoms with van der Waals surface area (Å²) in [6.07, 6.45) is 1.91. The molecule has 0 unspecified atom stereocenters. The quantitative estimate of drug-likeness (QED) is 0.534. The molecule has 0 bridgehead atoms. The number of anilines is 2. The van der Waals surface area contributed by atoms with E-state index in [0.717, 1.165) is 40.8 Å². The highest BCUT2D eigenvalue weighted by molar-refractivity contribution is 6.46. The fourth-order valence-electron chi connectivity index (χ4n) is 4.80. The maximum Gasteiger partial charge on any atom is 0.282 e. The molecule has 2 amide bonds. The van der Waals surface area contributed by atoms with Crippen LogP contribution in [0.2, 0.25) is 0 Å². The van der Waals surface area contributed by atoms with Crippen molar-refractivity contribution in [2.24, 2.45) is 0 Å². The Balaban J connectivity index is 1.72. The molecule has 2 aliphatic rings. The van der Waals surface area contributed by atoms with Crippen molar-refractivity contribution in [2.45, 2.75) is 33.6 Å². The van der Waals surface area contributed by atoms with Crippen LogP contribution in [0.25, 0.3) is 5.57 Å². The van der Waals surface area contributed by atoms with Gasteiger partial charge >= 0.3 is 0 Å². The Morgan fingerprint density at radius 3 is 2.25 bits per heavy atom. The Labute approximate surface area is 188 Å². The molecule has 2 heterocycles. The molecule has 160 valence electrons. The topological polar surface area (TPSA) is 40.6 Å². The largest absolute Gasteiger partial charge is 0.336 e. The van der Waals surface area contributed by atoms with Crippen LogP contribution in [-0.2, 0) is 16.0 Å². The molecule has 5 rings (SSSR count). The van der Waals surface area contributed by atoms with Crippen molar-refractivity contribution in [3.05, 3.63) is 100 Å². The zero-order chi connectivity index (χ0) is 22.4. The number of amides is 2. The lowest BCUT2D eigenvalue weighted by Crippen LogP contribution is -2.37. The van der Waals surface area contributed by atoms with Gasteiger partial charge in [-0.15, -0.1) is 0 Å². The van der Waals surface area contributed by atoms with Crippen molar-refractivity contribution in [1.82, 2.24) is 0 Å². The number of aryl methyl sites for hydroxylation is 4. The van der Waals surface area contributed by atoms with Gasteiger partial charge in [-0.2, -0.15) is 0 Å². The van der Waals surface area contributed by atoms with Crippen LogP contribution in [0, 0.1) is 20.8 Å². The van der Waals surface area contributed by atoms with Crippen LogP contribution in [-0.4, -0.2) is 18.4 Å². The molecule has 0 atom stereocenters. The van der Waals surface area contributed by atoms with Gasteiger partial charge in [0.25, 0.3) is 11.8 Å². The number of carbonyl (C=O) groups excluding carboxylic acids is 2. The summed E-state index contributed by atoms with van der Waals surface area (Å²) in [7, 11) is 0. The Morgan fingerprint density at radius 2 is 1.50 bits per heavy atom. The van der Waals surface area contributed by atoms with Crippen molar-refractivity contribution < 1.29 is 9.59 Å². The van der Waals surface area contributed by atoms with Gasteiger partial charge in [-0.25, -0.2) is 4.90 Å². The van der Waals surface area contributed by atoms with E-state index < -0.39 is 0 Å². The fourth-order valence-corrected chi connectivity index (χ4v) is 4.80. The van der Waals surface area contributed by atoms with Gasteiger partial charge in [0.1, 0.15) is 5.70 Å². The van der Waals surface area contributed by atoms with Gasteiger partial charge in [-0.3, -0.25) is 9.59 Å². The second kappa shape index (κ2) is 7.79. The zero-order valence-corrected chi connectivity index (χ0v) is 18.7. The van der Waals surface area contributed by atoms with Crippen LogP contribution in [0.5, 0.6) is 0 Å². The summed E-state index contributed by atoms with van der Waals surface area (Å²) in [6, 6.07) is 21.8. The van der Waals surface area contributed by atoms with E-state index in [1.165, 1.54) is 10.5 Å². The molecule has 0 fully saturated rings. The minimum atomic E-state index is -0.260. The zero-order valence-electron chi connectivity index (χ0n) is 18.7. The number of hydrogen-bond donors (Lipinski definition) is 0. The third-order valence-corrected chi connectivity index (χ3v) is 6.38. The SMILES string of the molecule is Cc1ccc(N2C(=O)C(c3ccc(C)cc3C)=C(N3CCCc4ccccc43)C2=O)cc1. The molecule has 0 radical (unpaired) electrons. The monoisotopic (exact) mass is 422 g/mol. The van der Waals surface area contributed by atoms with Crippen molar-refractivity contribution in [2.75, 3.05) is 16.3 Å². The molecule has 4 nitrogen and oxygen atoms in total. The van der Waals surface area contributed by atoms with Gasteiger partial charge < -0.3 is 4.90 Å². The predicted molar refractivity (Wildman–Crippen MR) is 129 cm³/mol. The lowest BCUT2D eigenvalue weighted by atomic mass is 9.95. The number of hydrogen-bond acceptors (Lipinski definition) is 3. The van der Waals surface area contributed by atoms with Crippen molar-refractivity contribution in [3.63, 3.8) is 0 Å². The van der Waals surface area contributed by atoms with Crippen LogP contribution in [0.3, 0.4) is 0 Å². The van der Waals surface area contributed by atoms with Crippen molar-refractivity contribution in [1.29, 1.82) is 0 Å². The smallest absolute Gasteiger partial charge is 0.282 e. The third-order valence-electron chi connectivity index (χ3n) is 6.38. The fraction of sp³-hybridized carbons (Fsp3) is 0.214. The number of para-hydroxylation sites is 1. The van der Waals surface area contributed by atoms with E-state index >= 15 is 0 Å². The average molecular weight is 423 g/mol. The number of nitrogens with zero attached hydrogens (tertiary/aromatic N) is 2. The van der Waals surface area contributed by atoms with E-state index in [9.17, 15) is 9.59 Å². The van der Waals surface area contributed by atoms with Gasteiger partial charge in [0.15, 0.2) is 0 Å². The lowest BCUT2D eigenvalue weighted by Gasteiger charge is -2.32. The number of benzene rings is 3. The molecule has 4 heteroatoms. The number of imide groups is 1. The van der Waals surface area contributed by atoms with Gasteiger partial charge in [0.05, 0.1) is 11.3 Å². The summed E-state index contributed by atoms with van der Waals surface area (Å²) in [5, 5.41) is 0. The van der Waals surface area contributed by atoms with Gasteiger partial charge in [0, 0.05) is 12.2 Å². The molecule has 32 heavy (non-hydrogen) atoms. The van der Waals surface area contributed by atoms with E-state index in [1.54, 1.807) is 0 Å². The van der Waals surface area contributed by atoms with Crippen LogP contribution < -0.4 is 9.80 Å². The number of fused-ring (bicyclic) bond motifs is 1. The van der Waals surface area contributed by atoms with E-state index in [2.05, 4.69) is 17.0 Å². The summed E-state index contributed by atoms with van der Waals surface area (Å²) in [5.74, 6) is -0.519. The van der Waals surface area contributed by atoms with Gasteiger partial charge in [-0.05, 0) is 68.5 Å². The molecule has 0 aliphatic carbocycles. The minimum Gasteiger partial charge on any atom is -0.336 e. The summed E-state index contributed by atoms with van der Waals surface area (Å²) in [5.41, 5.74) is 7.83. The molecule has 0 saturated carbocycles. The summed E-state index contributed by atoms with van der Waals surface area (Å²) in [4.78, 5) is 31.1. The third kappa shape index (κ3) is 3.23. The second-order valence-corrected chi connectivity index (χ2v) is 8.71. The molecule has 3 aromatic carbocycles. The predicted octanol–water partition coefficient (Wildman–Crippen LogP) is 5.35. The molecule has 3 aromatic rings. The summed E-state index contributed by atoms with van der Waals surface area (Å²) >= 11 is 0. The van der Waals surface area contributed by atoms with E-state index in [4.69, 9.17) is 0 Å². The molecular weight excluding hydrogens is 396 g/mol. The van der Waals surface area contributed by atoms with Gasteiger partial charge in [0.2, 0.25) is 0 Å². The maximum atomic E-state index is 13.9. The van der Waals surface area contributed by atoms with E-state index in [1.807, 2.05) is 75.4 Å². The van der Waals surface area contributed by atoms with Crippen molar-refractivity contribution in [3.8, 4) is 0 Å². The maximum absolute atomic E-state index is 13.9. The minimum absolute atomic E-state index is 0.259. The molecule has 0 saturated heterocycles. The Morgan fingerprint density at radius 1 is 0.781 bits per heavy atom. The summed E-state index contributed by atoms with van der Waals surface area (Å²) < 4.78 is 0. The second-order valence-electron chi connectivity index (χ2n) is 8.71. The van der Waals surface area contributed by atoms with Crippen LogP contribution in [0.4, 0.5) is 11.4 Å².